The van der Waals surface area contributed by atoms with Crippen molar-refractivity contribution in [2.75, 3.05) is 25.1 Å². The Kier molecular flexibility index (Phi) is 5.86. The van der Waals surface area contributed by atoms with Crippen molar-refractivity contribution < 1.29 is 5.21 Å². The fourth-order valence-corrected chi connectivity index (χ4v) is 2.05. The summed E-state index contributed by atoms with van der Waals surface area (Å²) in [4.78, 5) is 2.47. The van der Waals surface area contributed by atoms with E-state index in [1.807, 2.05) is 11.8 Å². The summed E-state index contributed by atoms with van der Waals surface area (Å²) in [6, 6.07) is 0.762. The van der Waals surface area contributed by atoms with Gasteiger partial charge in [-0.2, -0.15) is 11.8 Å². The van der Waals surface area contributed by atoms with Crippen molar-refractivity contribution in [3.05, 3.63) is 0 Å². The third-order valence-electron chi connectivity index (χ3n) is 2.64. The zero-order valence-electron chi connectivity index (χ0n) is 9.35. The second kappa shape index (κ2) is 6.95. The monoisotopic (exact) mass is 231 g/mol. The number of thioether (sulfide) groups is 1. The molecule has 5 heteroatoms. The second-order valence-corrected chi connectivity index (χ2v) is 4.94. The lowest BCUT2D eigenvalue weighted by Crippen LogP contribution is -2.31. The van der Waals surface area contributed by atoms with E-state index < -0.39 is 0 Å². The number of hydrogen-bond donors (Lipinski definition) is 2. The first-order valence-corrected chi connectivity index (χ1v) is 6.86. The van der Waals surface area contributed by atoms with Gasteiger partial charge in [0.1, 0.15) is 5.84 Å². The Labute approximate surface area is 95.9 Å². The summed E-state index contributed by atoms with van der Waals surface area (Å²) in [5.41, 5.74) is 5.47. The molecule has 0 spiro atoms. The highest BCUT2D eigenvalue weighted by Crippen LogP contribution is 2.27. The highest BCUT2D eigenvalue weighted by Gasteiger charge is 2.28. The number of hydrogen-bond acceptors (Lipinski definition) is 4. The van der Waals surface area contributed by atoms with Gasteiger partial charge in [-0.05, 0) is 37.8 Å². The summed E-state index contributed by atoms with van der Waals surface area (Å²) in [5, 5.41) is 11.5. The predicted molar refractivity (Wildman–Crippen MR) is 65.6 cm³/mol. The lowest BCUT2D eigenvalue weighted by molar-refractivity contribution is 0.269. The molecule has 1 aliphatic carbocycles. The molecule has 1 fully saturated rings. The molecule has 0 unspecified atom stereocenters. The second-order valence-electron chi connectivity index (χ2n) is 3.95. The molecule has 0 amide bonds. The average Bonchev–Trinajstić information content (AvgIpc) is 3.06. The van der Waals surface area contributed by atoms with Crippen LogP contribution in [0.4, 0.5) is 0 Å². The number of rotatable bonds is 8. The van der Waals surface area contributed by atoms with Crippen LogP contribution in [0.15, 0.2) is 5.16 Å². The summed E-state index contributed by atoms with van der Waals surface area (Å²) in [6.45, 7) is 2.07. The summed E-state index contributed by atoms with van der Waals surface area (Å²) in [6.07, 6.45) is 6.67. The van der Waals surface area contributed by atoms with Gasteiger partial charge in [0.05, 0.1) is 0 Å². The van der Waals surface area contributed by atoms with Crippen molar-refractivity contribution >= 4 is 17.6 Å². The molecule has 0 atom stereocenters. The molecule has 0 radical (unpaired) electrons. The van der Waals surface area contributed by atoms with Gasteiger partial charge in [0.25, 0.3) is 0 Å². The maximum Gasteiger partial charge on any atom is 0.140 e. The third kappa shape index (κ3) is 5.28. The van der Waals surface area contributed by atoms with Crippen LogP contribution in [-0.4, -0.2) is 47.1 Å². The van der Waals surface area contributed by atoms with Crippen LogP contribution >= 0.6 is 11.8 Å². The Morgan fingerprint density at radius 3 is 2.80 bits per heavy atom. The van der Waals surface area contributed by atoms with E-state index in [0.717, 1.165) is 19.1 Å². The molecular weight excluding hydrogens is 210 g/mol. The summed E-state index contributed by atoms with van der Waals surface area (Å²) in [5.74, 6) is 1.55. The van der Waals surface area contributed by atoms with Crippen LogP contribution in [0.2, 0.25) is 0 Å². The number of oxime groups is 1. The van der Waals surface area contributed by atoms with Crippen LogP contribution in [0, 0.1) is 0 Å². The Hall–Kier alpha value is -0.420. The molecule has 0 bridgehead atoms. The van der Waals surface area contributed by atoms with Gasteiger partial charge in [-0.25, -0.2) is 0 Å². The average molecular weight is 231 g/mol. The highest BCUT2D eigenvalue weighted by molar-refractivity contribution is 7.98. The first kappa shape index (κ1) is 12.6. The van der Waals surface area contributed by atoms with Crippen molar-refractivity contribution in [1.82, 2.24) is 4.90 Å². The van der Waals surface area contributed by atoms with E-state index in [-0.39, 0.29) is 0 Å². The van der Waals surface area contributed by atoms with Crippen molar-refractivity contribution in [1.29, 1.82) is 0 Å². The molecule has 1 aliphatic rings. The smallest absolute Gasteiger partial charge is 0.140 e. The van der Waals surface area contributed by atoms with Gasteiger partial charge in [0.15, 0.2) is 0 Å². The molecular formula is C10H21N3OS. The molecule has 0 saturated heterocycles. The molecule has 1 saturated carbocycles. The van der Waals surface area contributed by atoms with Crippen LogP contribution in [0.3, 0.4) is 0 Å². The van der Waals surface area contributed by atoms with Crippen LogP contribution < -0.4 is 5.73 Å². The highest BCUT2D eigenvalue weighted by atomic mass is 32.2. The minimum Gasteiger partial charge on any atom is -0.409 e. The van der Waals surface area contributed by atoms with Crippen molar-refractivity contribution in [3.8, 4) is 0 Å². The van der Waals surface area contributed by atoms with Crippen LogP contribution in [0.25, 0.3) is 0 Å². The molecule has 88 valence electrons. The normalized spacial score (nSPS) is 17.3. The van der Waals surface area contributed by atoms with Gasteiger partial charge in [-0.3, -0.25) is 4.90 Å². The molecule has 0 aromatic rings. The first-order valence-electron chi connectivity index (χ1n) is 5.47. The lowest BCUT2D eigenvalue weighted by atomic mass is 10.3. The molecule has 0 heterocycles. The van der Waals surface area contributed by atoms with Gasteiger partial charge in [-0.15, -0.1) is 0 Å². The summed E-state index contributed by atoms with van der Waals surface area (Å²) >= 11 is 1.89. The fourth-order valence-electron chi connectivity index (χ4n) is 1.64. The van der Waals surface area contributed by atoms with E-state index in [1.54, 1.807) is 0 Å². The van der Waals surface area contributed by atoms with E-state index in [2.05, 4.69) is 16.3 Å². The quantitative estimate of drug-likeness (QED) is 0.218. The van der Waals surface area contributed by atoms with E-state index in [9.17, 15) is 0 Å². The Morgan fingerprint density at radius 2 is 2.27 bits per heavy atom. The first-order chi connectivity index (χ1) is 7.27. The number of nitrogens with zero attached hydrogens (tertiary/aromatic N) is 2. The maximum absolute atomic E-state index is 8.46. The summed E-state index contributed by atoms with van der Waals surface area (Å²) in [7, 11) is 0. The molecule has 15 heavy (non-hydrogen) atoms. The van der Waals surface area contributed by atoms with Crippen LogP contribution in [-0.2, 0) is 0 Å². The number of amidine groups is 1. The van der Waals surface area contributed by atoms with Gasteiger partial charge >= 0.3 is 0 Å². The van der Waals surface area contributed by atoms with Crippen molar-refractivity contribution in [2.24, 2.45) is 10.9 Å². The largest absolute Gasteiger partial charge is 0.409 e. The molecule has 0 aromatic carbocycles. The van der Waals surface area contributed by atoms with Gasteiger partial charge in [0, 0.05) is 19.0 Å². The summed E-state index contributed by atoms with van der Waals surface area (Å²) < 4.78 is 0. The van der Waals surface area contributed by atoms with Gasteiger partial charge < -0.3 is 10.9 Å². The van der Waals surface area contributed by atoms with Crippen molar-refractivity contribution in [2.45, 2.75) is 31.7 Å². The Balaban J connectivity index is 2.18. The molecule has 0 aliphatic heterocycles. The SMILES string of the molecule is CSCCCN(CCC(N)=NO)C1CC1. The third-order valence-corrected chi connectivity index (χ3v) is 3.34. The maximum atomic E-state index is 8.46. The zero-order valence-corrected chi connectivity index (χ0v) is 10.2. The van der Waals surface area contributed by atoms with E-state index in [1.165, 1.54) is 25.0 Å². The van der Waals surface area contributed by atoms with E-state index in [0.29, 0.717) is 12.3 Å². The van der Waals surface area contributed by atoms with Gasteiger partial charge in [0.2, 0.25) is 0 Å². The van der Waals surface area contributed by atoms with Crippen LogP contribution in [0.1, 0.15) is 25.7 Å². The fraction of sp³-hybridized carbons (Fsp3) is 0.900. The number of nitrogens with two attached hydrogens (primary N) is 1. The topological polar surface area (TPSA) is 61.8 Å². The molecule has 4 nitrogen and oxygen atoms in total. The van der Waals surface area contributed by atoms with Gasteiger partial charge in [-0.1, -0.05) is 5.16 Å². The van der Waals surface area contributed by atoms with Crippen LogP contribution in [0.5, 0.6) is 0 Å². The molecule has 3 N–H and O–H groups in total. The molecule has 1 rings (SSSR count). The standard InChI is InChI=1S/C10H21N3OS/c1-15-8-2-6-13(9-3-4-9)7-5-10(11)12-14/h9,14H,2-8H2,1H3,(H2,11,12). The predicted octanol–water partition coefficient (Wildman–Crippen LogP) is 1.34. The zero-order chi connectivity index (χ0) is 11.1. The Morgan fingerprint density at radius 1 is 1.53 bits per heavy atom. The lowest BCUT2D eigenvalue weighted by Gasteiger charge is -2.21. The van der Waals surface area contributed by atoms with Crippen molar-refractivity contribution in [3.63, 3.8) is 0 Å². The minimum absolute atomic E-state index is 0.338. The minimum atomic E-state index is 0.338. The Bertz CT molecular complexity index is 207. The van der Waals surface area contributed by atoms with E-state index in [4.69, 9.17) is 10.9 Å². The van der Waals surface area contributed by atoms with E-state index >= 15 is 0 Å². The molecule has 0 aromatic heterocycles.